The summed E-state index contributed by atoms with van der Waals surface area (Å²) in [6.45, 7) is 0. The zero-order valence-corrected chi connectivity index (χ0v) is 37.1. The number of halogens is 1. The number of rotatable bonds is 18. The number of nitrogens with one attached hydrogen (secondary N) is 3. The second-order valence-electron chi connectivity index (χ2n) is 13.3. The molecule has 0 unspecified atom stereocenters. The van der Waals surface area contributed by atoms with Crippen LogP contribution in [0.5, 0.6) is 0 Å². The second kappa shape index (κ2) is 18.1. The number of fused-ring (bicyclic) bond motifs is 1. The Morgan fingerprint density at radius 3 is 0.926 bits per heavy atom. The molecule has 5 rings (SSSR count). The van der Waals surface area contributed by atoms with Gasteiger partial charge in [0.25, 0.3) is 30.1 Å². The summed E-state index contributed by atoms with van der Waals surface area (Å²) < 4.78 is 90.7. The largest absolute Gasteiger partial charge is 0.478 e. The van der Waals surface area contributed by atoms with E-state index in [2.05, 4.69) is 0 Å². The Kier molecular flexibility index (Phi) is 13.5. The van der Waals surface area contributed by atoms with Crippen LogP contribution in [0.3, 0.4) is 0 Å². The van der Waals surface area contributed by atoms with Crippen LogP contribution in [0, 0.1) is 3.57 Å². The summed E-state index contributed by atoms with van der Waals surface area (Å²) in [5.41, 5.74) is -14.4. The van der Waals surface area contributed by atoms with Gasteiger partial charge in [-0.1, -0.05) is 0 Å². The molecule has 27 nitrogen and oxygen atoms in total. The summed E-state index contributed by atoms with van der Waals surface area (Å²) in [7, 11) is -16.5. The van der Waals surface area contributed by atoms with E-state index in [4.69, 9.17) is 0 Å². The summed E-state index contributed by atoms with van der Waals surface area (Å²) in [5.74, 6) is -18.6. The van der Waals surface area contributed by atoms with Gasteiger partial charge in [-0.05, 0) is 83.3 Å². The van der Waals surface area contributed by atoms with Crippen molar-refractivity contribution in [3.63, 3.8) is 0 Å². The lowest BCUT2D eigenvalue weighted by atomic mass is 10.00. The molecule has 0 bridgehead atoms. The predicted octanol–water partition coefficient (Wildman–Crippen LogP) is 3.13. The van der Waals surface area contributed by atoms with E-state index < -0.39 is 176 Å². The Morgan fingerprint density at radius 1 is 0.368 bits per heavy atom. The standard InChI is InChI=1S/C37H22IN3O24S3/c38-22-1-2-23(67(62,63)40-12-5-18(31(46)47)26(36(56)57)19(6-12)32(48)49)15-9-14(66(60,61)39-11-3-16(29(42)43)25(35(54)55)17(4-11)30(44)45)10-24(28(15)22)68(64,65)41-13-7-20(33(50)51)27(37(58)59)21(8-13)34(52)53/h1-10,39-41H,(H,42,43)(H,44,45)(H,46,47)(H,48,49)(H,50,51)(H,52,53)(H,54,55)(H,56,57)(H,58,59). The van der Waals surface area contributed by atoms with Gasteiger partial charge in [0.1, 0.15) is 0 Å². The molecule has 5 aromatic carbocycles. The highest BCUT2D eigenvalue weighted by molar-refractivity contribution is 14.1. The van der Waals surface area contributed by atoms with Crippen LogP contribution in [0.2, 0.25) is 0 Å². The number of anilines is 3. The fourth-order valence-electron chi connectivity index (χ4n) is 6.39. The normalized spacial score (nSPS) is 11.5. The predicted molar refractivity (Wildman–Crippen MR) is 231 cm³/mol. The molecule has 354 valence electrons. The Bertz CT molecular complexity index is 3450. The summed E-state index contributed by atoms with van der Waals surface area (Å²) in [5, 5.41) is 85.2. The van der Waals surface area contributed by atoms with Gasteiger partial charge in [-0.15, -0.1) is 0 Å². The van der Waals surface area contributed by atoms with E-state index in [0.717, 1.165) is 6.07 Å². The first-order valence-corrected chi connectivity index (χ1v) is 22.8. The van der Waals surface area contributed by atoms with Crippen molar-refractivity contribution < 1.29 is 114 Å². The number of carbonyl (C=O) groups is 9. The molecule has 0 saturated carbocycles. The molecule has 0 amide bonds. The number of hydrogen-bond donors (Lipinski definition) is 12. The second-order valence-corrected chi connectivity index (χ2v) is 19.4. The summed E-state index contributed by atoms with van der Waals surface area (Å²) in [4.78, 5) is 104. The molecule has 0 spiro atoms. The van der Waals surface area contributed by atoms with Gasteiger partial charge in [-0.3, -0.25) is 14.2 Å². The van der Waals surface area contributed by atoms with Gasteiger partial charge in [-0.25, -0.2) is 68.4 Å². The van der Waals surface area contributed by atoms with Crippen LogP contribution in [0.25, 0.3) is 10.8 Å². The van der Waals surface area contributed by atoms with Gasteiger partial charge in [0.2, 0.25) is 0 Å². The molecule has 0 atom stereocenters. The average Bonchev–Trinajstić information content (AvgIpc) is 3.21. The van der Waals surface area contributed by atoms with E-state index in [-0.39, 0.29) is 3.57 Å². The number of aromatic carboxylic acids is 9. The lowest BCUT2D eigenvalue weighted by Gasteiger charge is -2.19. The first-order valence-electron chi connectivity index (χ1n) is 17.3. The van der Waals surface area contributed by atoms with Gasteiger partial charge in [0.15, 0.2) is 0 Å². The van der Waals surface area contributed by atoms with E-state index in [0.29, 0.717) is 54.6 Å². The molecule has 0 aliphatic rings. The summed E-state index contributed by atoms with van der Waals surface area (Å²) in [6, 6.07) is 4.62. The number of benzene rings is 5. The zero-order valence-electron chi connectivity index (χ0n) is 32.5. The summed E-state index contributed by atoms with van der Waals surface area (Å²) in [6.07, 6.45) is 0. The number of carboxylic acids is 9. The van der Waals surface area contributed by atoms with Crippen LogP contribution in [-0.2, 0) is 30.1 Å². The minimum absolute atomic E-state index is 0.249. The molecule has 12 N–H and O–H groups in total. The smallest absolute Gasteiger partial charge is 0.337 e. The van der Waals surface area contributed by atoms with E-state index in [1.54, 1.807) is 14.2 Å². The quantitative estimate of drug-likeness (QED) is 0.0561. The minimum Gasteiger partial charge on any atom is -0.478 e. The SMILES string of the molecule is O=C(O)c1cc(NS(=O)(=O)c2cc(S(=O)(=O)Nc3cc(C(=O)O)c(C(=O)O)c(C(=O)O)c3)c3c(I)ccc(S(=O)(=O)Nc4cc(C(=O)O)c(C(=O)O)c(C(=O)O)c4)c3c2)cc(C(=O)O)c1C(=O)O. The van der Waals surface area contributed by atoms with E-state index in [1.807, 2.05) is 0 Å². The third kappa shape index (κ3) is 9.73. The van der Waals surface area contributed by atoms with Crippen LogP contribution < -0.4 is 14.2 Å². The summed E-state index contributed by atoms with van der Waals surface area (Å²) >= 11 is 1.44. The molecule has 0 saturated heterocycles. The Hall–Kier alpha value is -8.43. The van der Waals surface area contributed by atoms with Gasteiger partial charge >= 0.3 is 53.7 Å². The average molecular weight is 1120 g/mol. The zero-order chi connectivity index (χ0) is 51.3. The van der Waals surface area contributed by atoms with E-state index in [1.165, 1.54) is 22.6 Å². The highest BCUT2D eigenvalue weighted by atomic mass is 127. The van der Waals surface area contributed by atoms with Gasteiger partial charge in [-0.2, -0.15) is 0 Å². The van der Waals surface area contributed by atoms with Crippen LogP contribution in [-0.4, -0.2) is 125 Å². The highest BCUT2D eigenvalue weighted by Gasteiger charge is 2.33. The Morgan fingerprint density at radius 2 is 0.647 bits per heavy atom. The fraction of sp³-hybridized carbons (Fsp3) is 0. The van der Waals surface area contributed by atoms with Crippen molar-refractivity contribution in [1.82, 2.24) is 0 Å². The van der Waals surface area contributed by atoms with Gasteiger partial charge in [0, 0.05) is 14.3 Å². The molecule has 0 heterocycles. The molecule has 0 fully saturated rings. The topological polar surface area (TPSA) is 474 Å². The van der Waals surface area contributed by atoms with Crippen molar-refractivity contribution in [3.05, 3.63) is 114 Å². The fourth-order valence-corrected chi connectivity index (χ4v) is 11.1. The van der Waals surface area contributed by atoms with Gasteiger partial charge < -0.3 is 46.0 Å². The Balaban J connectivity index is 1.87. The van der Waals surface area contributed by atoms with Crippen molar-refractivity contribution in [2.24, 2.45) is 0 Å². The molecule has 68 heavy (non-hydrogen) atoms. The van der Waals surface area contributed by atoms with E-state index in [9.17, 15) is 114 Å². The van der Waals surface area contributed by atoms with Crippen molar-refractivity contribution in [3.8, 4) is 0 Å². The molecule has 0 aliphatic carbocycles. The number of hydrogen-bond acceptors (Lipinski definition) is 15. The molecule has 5 aromatic rings. The minimum atomic E-state index is -5.55. The van der Waals surface area contributed by atoms with Crippen LogP contribution >= 0.6 is 22.6 Å². The van der Waals surface area contributed by atoms with Crippen LogP contribution in [0.4, 0.5) is 17.1 Å². The highest BCUT2D eigenvalue weighted by Crippen LogP contribution is 2.38. The van der Waals surface area contributed by atoms with Crippen molar-refractivity contribution >= 4 is 134 Å². The van der Waals surface area contributed by atoms with Crippen molar-refractivity contribution in [2.75, 3.05) is 14.2 Å². The first-order chi connectivity index (χ1) is 31.3. The first kappa shape index (κ1) is 50.6. The lowest BCUT2D eigenvalue weighted by Crippen LogP contribution is -2.21. The molecule has 31 heteroatoms. The maximum Gasteiger partial charge on any atom is 0.337 e. The molecular weight excluding hydrogens is 1090 g/mol. The Labute approximate surface area is 389 Å². The van der Waals surface area contributed by atoms with Crippen molar-refractivity contribution in [2.45, 2.75) is 14.7 Å². The third-order valence-corrected chi connectivity index (χ3v) is 14.2. The number of sulfonamides is 3. The third-order valence-electron chi connectivity index (χ3n) is 9.05. The maximum absolute atomic E-state index is 14.4. The number of carboxylic acid groups (broad SMARTS) is 9. The molecule has 0 aliphatic heterocycles. The van der Waals surface area contributed by atoms with Crippen LogP contribution in [0.1, 0.15) is 93.2 Å². The molecular formula is C37H22IN3O24S3. The maximum atomic E-state index is 14.4. The molecule has 0 radical (unpaired) electrons. The van der Waals surface area contributed by atoms with Gasteiger partial charge in [0.05, 0.1) is 81.8 Å². The molecule has 0 aromatic heterocycles. The van der Waals surface area contributed by atoms with Crippen molar-refractivity contribution in [1.29, 1.82) is 0 Å². The monoisotopic (exact) mass is 1110 g/mol. The van der Waals surface area contributed by atoms with Crippen LogP contribution in [0.15, 0.2) is 75.4 Å². The van der Waals surface area contributed by atoms with E-state index >= 15 is 0 Å². The lowest BCUT2D eigenvalue weighted by molar-refractivity contribution is 0.0632.